The molecule has 10 heteroatoms. The van der Waals surface area contributed by atoms with E-state index in [4.69, 9.17) is 10.9 Å². The Labute approximate surface area is 175 Å². The van der Waals surface area contributed by atoms with Gasteiger partial charge in [0.1, 0.15) is 17.2 Å². The Balaban J connectivity index is 2.34. The zero-order chi connectivity index (χ0) is 22.5. The van der Waals surface area contributed by atoms with Gasteiger partial charge in [0.15, 0.2) is 5.84 Å². The highest BCUT2D eigenvalue weighted by Crippen LogP contribution is 2.27. The Morgan fingerprint density at radius 3 is 2.33 bits per heavy atom. The molecule has 0 heterocycles. The molecule has 162 valence electrons. The van der Waals surface area contributed by atoms with Gasteiger partial charge in [-0.1, -0.05) is 43.3 Å². The molecule has 0 saturated carbocycles. The van der Waals surface area contributed by atoms with Gasteiger partial charge in [-0.15, -0.1) is 0 Å². The molecule has 5 N–H and O–H groups in total. The minimum atomic E-state index is -4.37. The minimum Gasteiger partial charge on any atom is -0.507 e. The summed E-state index contributed by atoms with van der Waals surface area (Å²) in [7, 11) is -4.37. The zero-order valence-electron chi connectivity index (χ0n) is 16.7. The molecule has 0 bridgehead atoms. The van der Waals surface area contributed by atoms with Crippen molar-refractivity contribution in [1.82, 2.24) is 4.31 Å². The topological polar surface area (TPSA) is 154 Å². The van der Waals surface area contributed by atoms with E-state index in [9.17, 15) is 23.4 Å². The largest absolute Gasteiger partial charge is 0.507 e. The van der Waals surface area contributed by atoms with Crippen LogP contribution in [0.2, 0.25) is 0 Å². The average Bonchev–Trinajstić information content (AvgIpc) is 2.70. The Morgan fingerprint density at radius 1 is 1.17 bits per heavy atom. The predicted octanol–water partition coefficient (Wildman–Crippen LogP) is 1.93. The number of nitrogens with two attached hydrogens (primary N) is 1. The van der Waals surface area contributed by atoms with Crippen molar-refractivity contribution in [3.05, 3.63) is 59.2 Å². The maximum Gasteiger partial charge on any atom is 0.318 e. The molecule has 0 fully saturated rings. The van der Waals surface area contributed by atoms with Gasteiger partial charge >= 0.3 is 5.97 Å². The van der Waals surface area contributed by atoms with Crippen molar-refractivity contribution < 1.29 is 28.6 Å². The number of carboxylic acids is 1. The van der Waals surface area contributed by atoms with Crippen molar-refractivity contribution in [3.63, 3.8) is 0 Å². The van der Waals surface area contributed by atoms with Gasteiger partial charge < -0.3 is 21.2 Å². The molecule has 0 saturated heterocycles. The molecule has 0 unspecified atom stereocenters. The minimum absolute atomic E-state index is 0.0634. The van der Waals surface area contributed by atoms with Gasteiger partial charge in [0.2, 0.25) is 10.0 Å². The van der Waals surface area contributed by atoms with Gasteiger partial charge in [0.05, 0.1) is 0 Å². The van der Waals surface area contributed by atoms with Crippen molar-refractivity contribution in [2.24, 2.45) is 10.9 Å². The predicted molar refractivity (Wildman–Crippen MR) is 111 cm³/mol. The van der Waals surface area contributed by atoms with E-state index in [1.807, 2.05) is 24.3 Å². The number of benzene rings is 2. The van der Waals surface area contributed by atoms with Crippen LogP contribution >= 0.6 is 0 Å². The lowest BCUT2D eigenvalue weighted by Crippen LogP contribution is -2.37. The molecule has 0 aliphatic carbocycles. The number of carbonyl (C=O) groups is 1. The first-order valence-corrected chi connectivity index (χ1v) is 10.6. The van der Waals surface area contributed by atoms with Crippen LogP contribution in [0, 0.1) is 0 Å². The summed E-state index contributed by atoms with van der Waals surface area (Å²) in [5, 5.41) is 30.9. The van der Waals surface area contributed by atoms with Crippen LogP contribution in [0.4, 0.5) is 0 Å². The third kappa shape index (κ3) is 5.49. The summed E-state index contributed by atoms with van der Waals surface area (Å²) in [5.74, 6) is -1.89. The van der Waals surface area contributed by atoms with Crippen molar-refractivity contribution in [2.45, 2.75) is 31.1 Å². The normalized spacial score (nSPS) is 12.5. The number of phenols is 1. The lowest BCUT2D eigenvalue weighted by atomic mass is 10.0. The van der Waals surface area contributed by atoms with Crippen molar-refractivity contribution in [3.8, 4) is 5.75 Å². The summed E-state index contributed by atoms with van der Waals surface area (Å²) in [6.45, 7) is 3.23. The van der Waals surface area contributed by atoms with E-state index < -0.39 is 33.2 Å². The highest BCUT2D eigenvalue weighted by molar-refractivity contribution is 7.89. The molecule has 0 aromatic heterocycles. The van der Waals surface area contributed by atoms with Gasteiger partial charge in [-0.25, -0.2) is 8.42 Å². The maximum absolute atomic E-state index is 13.1. The molecule has 0 spiro atoms. The van der Waals surface area contributed by atoms with Crippen molar-refractivity contribution in [1.29, 1.82) is 0 Å². The molecule has 0 aliphatic heterocycles. The number of nitrogens with zero attached hydrogens (tertiary/aromatic N) is 2. The van der Waals surface area contributed by atoms with Crippen LogP contribution in [0.5, 0.6) is 5.75 Å². The molecule has 2 rings (SSSR count). The smallest absolute Gasteiger partial charge is 0.318 e. The number of oxime groups is 1. The third-order valence-electron chi connectivity index (χ3n) is 4.59. The number of aromatic hydroxyl groups is 1. The summed E-state index contributed by atoms with van der Waals surface area (Å²) >= 11 is 0. The number of aliphatic carboxylic acids is 1. The summed E-state index contributed by atoms with van der Waals surface area (Å²) in [6, 6.07) is 11.0. The van der Waals surface area contributed by atoms with E-state index in [2.05, 4.69) is 19.0 Å². The van der Waals surface area contributed by atoms with Gasteiger partial charge in [-0.05, 0) is 41.7 Å². The summed E-state index contributed by atoms with van der Waals surface area (Å²) < 4.78 is 26.9. The van der Waals surface area contributed by atoms with E-state index in [0.29, 0.717) is 5.92 Å². The van der Waals surface area contributed by atoms with Crippen LogP contribution in [0.1, 0.15) is 36.5 Å². The van der Waals surface area contributed by atoms with Gasteiger partial charge in [-0.2, -0.15) is 4.31 Å². The second-order valence-electron chi connectivity index (χ2n) is 7.05. The lowest BCUT2D eigenvalue weighted by Gasteiger charge is -2.21. The van der Waals surface area contributed by atoms with Gasteiger partial charge in [-0.3, -0.25) is 4.79 Å². The van der Waals surface area contributed by atoms with E-state index in [1.54, 1.807) is 0 Å². The second kappa shape index (κ2) is 9.59. The first-order valence-electron chi connectivity index (χ1n) is 9.18. The fraction of sp³-hybridized carbons (Fsp3) is 0.300. The highest BCUT2D eigenvalue weighted by Gasteiger charge is 2.29. The molecular formula is C20H25N3O6S. The fourth-order valence-corrected chi connectivity index (χ4v) is 4.33. The Bertz CT molecular complexity index is 1030. The highest BCUT2D eigenvalue weighted by atomic mass is 32.2. The molecule has 2 aromatic rings. The average molecular weight is 436 g/mol. The number of rotatable bonds is 9. The zero-order valence-corrected chi connectivity index (χ0v) is 17.5. The number of hydrogen-bond donors (Lipinski definition) is 4. The van der Waals surface area contributed by atoms with Gasteiger partial charge in [0, 0.05) is 12.1 Å². The number of hydrogen-bond acceptors (Lipinski definition) is 6. The maximum atomic E-state index is 13.1. The molecule has 0 amide bonds. The van der Waals surface area contributed by atoms with Crippen LogP contribution < -0.4 is 5.73 Å². The summed E-state index contributed by atoms with van der Waals surface area (Å²) in [4.78, 5) is 10.8. The quantitative estimate of drug-likeness (QED) is 0.203. The van der Waals surface area contributed by atoms with Crippen LogP contribution in [-0.2, 0) is 21.2 Å². The first-order chi connectivity index (χ1) is 14.1. The molecule has 9 nitrogen and oxygen atoms in total. The molecular weight excluding hydrogens is 410 g/mol. The van der Waals surface area contributed by atoms with Crippen LogP contribution in [0.3, 0.4) is 0 Å². The molecule has 2 aromatic carbocycles. The fourth-order valence-electron chi connectivity index (χ4n) is 2.83. The van der Waals surface area contributed by atoms with E-state index in [-0.39, 0.29) is 24.4 Å². The third-order valence-corrected chi connectivity index (χ3v) is 6.46. The molecule has 0 atom stereocenters. The molecule has 30 heavy (non-hydrogen) atoms. The summed E-state index contributed by atoms with van der Waals surface area (Å²) in [6.07, 6.45) is 0.283. The van der Waals surface area contributed by atoms with E-state index in [1.165, 1.54) is 6.07 Å². The van der Waals surface area contributed by atoms with Crippen molar-refractivity contribution in [2.75, 3.05) is 13.1 Å². The van der Waals surface area contributed by atoms with E-state index >= 15 is 0 Å². The summed E-state index contributed by atoms with van der Waals surface area (Å²) in [5.41, 5.74) is 7.55. The first kappa shape index (κ1) is 23.2. The second-order valence-corrected chi connectivity index (χ2v) is 8.95. The Hall–Kier alpha value is -3.11. The molecule has 0 aliphatic rings. The van der Waals surface area contributed by atoms with Crippen LogP contribution in [0.15, 0.2) is 52.5 Å². The SMILES string of the molecule is CC(C)c1ccc(CCN(CC(=O)O)S(=O)(=O)c2cc(/C(N)=N/O)ccc2O)cc1. The number of carboxylic acid groups (broad SMARTS) is 1. The molecule has 0 radical (unpaired) electrons. The lowest BCUT2D eigenvalue weighted by molar-refractivity contribution is -0.137. The van der Waals surface area contributed by atoms with Crippen LogP contribution in [-0.4, -0.2) is 53.0 Å². The van der Waals surface area contributed by atoms with Crippen molar-refractivity contribution >= 4 is 21.8 Å². The standard InChI is InChI=1S/C20H25N3O6S/c1-13(2)15-5-3-14(4-6-15)9-10-23(12-19(25)26)30(28,29)18-11-16(20(21)22-27)7-8-17(18)24/h3-8,11,13,24,27H,9-10,12H2,1-2H3,(H2,21,22)(H,25,26). The van der Waals surface area contributed by atoms with E-state index in [0.717, 1.165) is 27.6 Å². The Morgan fingerprint density at radius 2 is 1.80 bits per heavy atom. The Kier molecular flexibility index (Phi) is 7.41. The van der Waals surface area contributed by atoms with Crippen LogP contribution in [0.25, 0.3) is 0 Å². The number of amidine groups is 1. The monoisotopic (exact) mass is 435 g/mol. The number of phenolic OH excluding ortho intramolecular Hbond substituents is 1. The van der Waals surface area contributed by atoms with Gasteiger partial charge in [0.25, 0.3) is 0 Å². The number of sulfonamides is 1.